The minimum absolute atomic E-state index is 0.156. The number of rotatable bonds is 7. The predicted octanol–water partition coefficient (Wildman–Crippen LogP) is 3.66. The number of ether oxygens (including phenoxy) is 1. The van der Waals surface area contributed by atoms with Crippen molar-refractivity contribution in [3.05, 3.63) is 89.7 Å². The van der Waals surface area contributed by atoms with Gasteiger partial charge < -0.3 is 15.4 Å². The highest BCUT2D eigenvalue weighted by Gasteiger charge is 2.07. The molecule has 0 saturated heterocycles. The number of pyridine rings is 1. The normalized spacial score (nSPS) is 10.2. The number of nitrogens with one attached hydrogen (secondary N) is 2. The van der Waals surface area contributed by atoms with Gasteiger partial charge in [-0.15, -0.1) is 0 Å². The van der Waals surface area contributed by atoms with Crippen LogP contribution in [0.5, 0.6) is 5.75 Å². The maximum Gasteiger partial charge on any atom is 0.257 e. The molecular formula is C22H21N3O3. The minimum Gasteiger partial charge on any atom is -0.494 e. The van der Waals surface area contributed by atoms with Gasteiger partial charge in [0.25, 0.3) is 11.8 Å². The molecule has 6 heteroatoms. The summed E-state index contributed by atoms with van der Waals surface area (Å²) in [6.07, 6.45) is 3.13. The van der Waals surface area contributed by atoms with Gasteiger partial charge in [0.15, 0.2) is 0 Å². The first-order valence-electron chi connectivity index (χ1n) is 8.97. The molecule has 1 heterocycles. The lowest BCUT2D eigenvalue weighted by molar-refractivity contribution is 0.0950. The van der Waals surface area contributed by atoms with Crippen LogP contribution >= 0.6 is 0 Å². The predicted molar refractivity (Wildman–Crippen MR) is 107 cm³/mol. The summed E-state index contributed by atoms with van der Waals surface area (Å²) in [5, 5.41) is 5.69. The van der Waals surface area contributed by atoms with Gasteiger partial charge in [-0.05, 0) is 61.0 Å². The van der Waals surface area contributed by atoms with E-state index in [1.54, 1.807) is 54.7 Å². The first-order chi connectivity index (χ1) is 13.7. The zero-order valence-corrected chi connectivity index (χ0v) is 15.5. The van der Waals surface area contributed by atoms with Gasteiger partial charge in [0.2, 0.25) is 0 Å². The topological polar surface area (TPSA) is 80.3 Å². The lowest BCUT2D eigenvalue weighted by atomic mass is 10.1. The number of benzene rings is 2. The Bertz CT molecular complexity index is 924. The Morgan fingerprint density at radius 1 is 0.929 bits per heavy atom. The van der Waals surface area contributed by atoms with Gasteiger partial charge in [-0.3, -0.25) is 14.6 Å². The molecule has 0 aliphatic rings. The van der Waals surface area contributed by atoms with Gasteiger partial charge in [0.05, 0.1) is 12.2 Å². The van der Waals surface area contributed by atoms with E-state index in [4.69, 9.17) is 4.74 Å². The second-order valence-corrected chi connectivity index (χ2v) is 6.03. The molecule has 3 rings (SSSR count). The van der Waals surface area contributed by atoms with E-state index >= 15 is 0 Å². The molecule has 0 aliphatic carbocycles. The number of hydrogen-bond donors (Lipinski definition) is 2. The van der Waals surface area contributed by atoms with Crippen LogP contribution in [0.4, 0.5) is 5.69 Å². The molecule has 0 aliphatic heterocycles. The van der Waals surface area contributed by atoms with Crippen molar-refractivity contribution in [3.63, 3.8) is 0 Å². The summed E-state index contributed by atoms with van der Waals surface area (Å²) in [5.74, 6) is 0.365. The van der Waals surface area contributed by atoms with E-state index in [1.165, 1.54) is 6.20 Å². The van der Waals surface area contributed by atoms with E-state index in [0.29, 0.717) is 30.0 Å². The number of aromatic nitrogens is 1. The van der Waals surface area contributed by atoms with Crippen molar-refractivity contribution >= 4 is 17.5 Å². The molecule has 0 fully saturated rings. The fourth-order valence-corrected chi connectivity index (χ4v) is 2.56. The molecule has 0 atom stereocenters. The second kappa shape index (κ2) is 9.32. The molecule has 3 aromatic rings. The third kappa shape index (κ3) is 5.17. The van der Waals surface area contributed by atoms with Crippen molar-refractivity contribution in [2.75, 3.05) is 11.9 Å². The van der Waals surface area contributed by atoms with E-state index in [9.17, 15) is 9.59 Å². The third-order valence-electron chi connectivity index (χ3n) is 4.02. The van der Waals surface area contributed by atoms with E-state index < -0.39 is 0 Å². The molecular weight excluding hydrogens is 354 g/mol. The largest absolute Gasteiger partial charge is 0.494 e. The number of anilines is 1. The van der Waals surface area contributed by atoms with E-state index in [-0.39, 0.29) is 11.8 Å². The Kier molecular flexibility index (Phi) is 6.36. The average molecular weight is 375 g/mol. The molecule has 0 saturated carbocycles. The summed E-state index contributed by atoms with van der Waals surface area (Å²) in [6.45, 7) is 2.89. The number of hydrogen-bond acceptors (Lipinski definition) is 4. The van der Waals surface area contributed by atoms with Crippen LogP contribution in [-0.2, 0) is 6.54 Å². The fourth-order valence-electron chi connectivity index (χ4n) is 2.56. The molecule has 142 valence electrons. The summed E-state index contributed by atoms with van der Waals surface area (Å²) in [4.78, 5) is 28.3. The van der Waals surface area contributed by atoms with Crippen LogP contribution in [0.2, 0.25) is 0 Å². The Balaban J connectivity index is 1.52. The van der Waals surface area contributed by atoms with E-state index in [2.05, 4.69) is 15.6 Å². The van der Waals surface area contributed by atoms with Gasteiger partial charge in [0, 0.05) is 30.2 Å². The van der Waals surface area contributed by atoms with Crippen LogP contribution in [0.25, 0.3) is 0 Å². The van der Waals surface area contributed by atoms with Crippen LogP contribution in [0, 0.1) is 0 Å². The summed E-state index contributed by atoms with van der Waals surface area (Å²) in [6, 6.07) is 17.7. The Labute approximate surface area is 163 Å². The molecule has 1 aromatic heterocycles. The van der Waals surface area contributed by atoms with Gasteiger partial charge in [-0.25, -0.2) is 0 Å². The molecule has 2 aromatic carbocycles. The minimum atomic E-state index is -0.218. The number of nitrogens with zero attached hydrogens (tertiary/aromatic N) is 1. The molecule has 0 bridgehead atoms. The van der Waals surface area contributed by atoms with Crippen molar-refractivity contribution in [2.24, 2.45) is 0 Å². The quantitative estimate of drug-likeness (QED) is 0.660. The second-order valence-electron chi connectivity index (χ2n) is 6.03. The Morgan fingerprint density at radius 3 is 2.32 bits per heavy atom. The van der Waals surface area contributed by atoms with Crippen LogP contribution in [0.15, 0.2) is 73.1 Å². The van der Waals surface area contributed by atoms with Crippen molar-refractivity contribution in [1.82, 2.24) is 10.3 Å². The Hall–Kier alpha value is -3.67. The monoisotopic (exact) mass is 375 g/mol. The first-order valence-corrected chi connectivity index (χ1v) is 8.97. The molecule has 0 unspecified atom stereocenters. The summed E-state index contributed by atoms with van der Waals surface area (Å²) in [5.41, 5.74) is 2.67. The van der Waals surface area contributed by atoms with E-state index in [0.717, 1.165) is 11.3 Å². The van der Waals surface area contributed by atoms with Gasteiger partial charge in [-0.1, -0.05) is 12.1 Å². The van der Waals surface area contributed by atoms with Crippen molar-refractivity contribution in [3.8, 4) is 5.75 Å². The van der Waals surface area contributed by atoms with Crippen LogP contribution in [0.3, 0.4) is 0 Å². The summed E-state index contributed by atoms with van der Waals surface area (Å²) in [7, 11) is 0. The molecule has 6 nitrogen and oxygen atoms in total. The molecule has 0 spiro atoms. The summed E-state index contributed by atoms with van der Waals surface area (Å²) < 4.78 is 5.37. The fraction of sp³-hybridized carbons (Fsp3) is 0.136. The molecule has 28 heavy (non-hydrogen) atoms. The highest BCUT2D eigenvalue weighted by Crippen LogP contribution is 2.13. The standard InChI is InChI=1S/C22H21N3O3/c1-2-28-20-11-7-17(8-12-20)21(26)24-14-16-5-9-19(10-6-16)25-22(27)18-4-3-13-23-15-18/h3-13,15H,2,14H2,1H3,(H,24,26)(H,25,27). The molecule has 0 radical (unpaired) electrons. The SMILES string of the molecule is CCOc1ccc(C(=O)NCc2ccc(NC(=O)c3cccnc3)cc2)cc1. The lowest BCUT2D eigenvalue weighted by Gasteiger charge is -2.08. The van der Waals surface area contributed by atoms with Crippen LogP contribution < -0.4 is 15.4 Å². The smallest absolute Gasteiger partial charge is 0.257 e. The molecule has 2 amide bonds. The Morgan fingerprint density at radius 2 is 1.68 bits per heavy atom. The highest BCUT2D eigenvalue weighted by atomic mass is 16.5. The zero-order chi connectivity index (χ0) is 19.8. The summed E-state index contributed by atoms with van der Waals surface area (Å²) >= 11 is 0. The first kappa shape index (κ1) is 19.1. The number of carbonyl (C=O) groups excluding carboxylic acids is 2. The van der Waals surface area contributed by atoms with Crippen LogP contribution in [-0.4, -0.2) is 23.4 Å². The maximum absolute atomic E-state index is 12.2. The van der Waals surface area contributed by atoms with Gasteiger partial charge in [0.1, 0.15) is 5.75 Å². The van der Waals surface area contributed by atoms with Crippen molar-refractivity contribution < 1.29 is 14.3 Å². The lowest BCUT2D eigenvalue weighted by Crippen LogP contribution is -2.22. The zero-order valence-electron chi connectivity index (χ0n) is 15.5. The molecule has 2 N–H and O–H groups in total. The number of carbonyl (C=O) groups is 2. The average Bonchev–Trinajstić information content (AvgIpc) is 2.74. The van der Waals surface area contributed by atoms with Gasteiger partial charge >= 0.3 is 0 Å². The highest BCUT2D eigenvalue weighted by molar-refractivity contribution is 6.04. The van der Waals surface area contributed by atoms with Crippen LogP contribution in [0.1, 0.15) is 33.2 Å². The van der Waals surface area contributed by atoms with Crippen molar-refractivity contribution in [1.29, 1.82) is 0 Å². The van der Waals surface area contributed by atoms with E-state index in [1.807, 2.05) is 19.1 Å². The van der Waals surface area contributed by atoms with Crippen molar-refractivity contribution in [2.45, 2.75) is 13.5 Å². The maximum atomic E-state index is 12.2. The number of amides is 2. The van der Waals surface area contributed by atoms with Gasteiger partial charge in [-0.2, -0.15) is 0 Å². The third-order valence-corrected chi connectivity index (χ3v) is 4.02.